The van der Waals surface area contributed by atoms with Crippen LogP contribution in [0.5, 0.6) is 0 Å². The lowest BCUT2D eigenvalue weighted by Gasteiger charge is -2.25. The van der Waals surface area contributed by atoms with Crippen LogP contribution in [-0.4, -0.2) is 9.97 Å². The smallest absolute Gasteiger partial charge is 0.153 e. The molecule has 9 rings (SSSR count). The number of hydrogen-bond donors (Lipinski definition) is 0. The molecule has 5 heterocycles. The second-order valence-electron chi connectivity index (χ2n) is 9.92. The molecule has 188 valence electrons. The highest BCUT2D eigenvalue weighted by Crippen LogP contribution is 2.43. The molecule has 0 aliphatic heterocycles. The number of furan rings is 2. The molecule has 0 aliphatic carbocycles. The summed E-state index contributed by atoms with van der Waals surface area (Å²) in [4.78, 5) is 10.7. The minimum absolute atomic E-state index is 0.782. The largest absolute Gasteiger partial charge is 0.454 e. The molecule has 40 heavy (non-hydrogen) atoms. The van der Waals surface area contributed by atoms with E-state index in [2.05, 4.69) is 93.7 Å². The number of benzene rings is 4. The Morgan fingerprint density at radius 2 is 1.02 bits per heavy atom. The third-order valence-electron chi connectivity index (χ3n) is 7.65. The summed E-state index contributed by atoms with van der Waals surface area (Å²) in [5.41, 5.74) is 6.26. The molecule has 6 heteroatoms. The zero-order valence-corrected chi connectivity index (χ0v) is 21.9. The fraction of sp³-hybridized carbons (Fsp3) is 0. The quantitative estimate of drug-likeness (QED) is 0.226. The predicted molar refractivity (Wildman–Crippen MR) is 164 cm³/mol. The number of pyridine rings is 2. The fourth-order valence-corrected chi connectivity index (χ4v) is 6.91. The molecule has 0 spiro atoms. The topological polar surface area (TPSA) is 55.3 Å². The second kappa shape index (κ2) is 8.15. The van der Waals surface area contributed by atoms with Crippen molar-refractivity contribution in [3.63, 3.8) is 0 Å². The summed E-state index contributed by atoms with van der Waals surface area (Å²) in [7, 11) is 0. The Balaban J connectivity index is 1.30. The molecule has 0 N–H and O–H groups in total. The summed E-state index contributed by atoms with van der Waals surface area (Å²) in [6, 6.07) is 32.1. The van der Waals surface area contributed by atoms with Crippen LogP contribution in [0.3, 0.4) is 0 Å². The summed E-state index contributed by atoms with van der Waals surface area (Å²) in [6.07, 6.45) is 7.14. The second-order valence-corrected chi connectivity index (χ2v) is 11.0. The van der Waals surface area contributed by atoms with E-state index in [-0.39, 0.29) is 0 Å². The first-order chi connectivity index (χ1) is 19.8. The lowest BCUT2D eigenvalue weighted by atomic mass is 10.1. The van der Waals surface area contributed by atoms with Crippen molar-refractivity contribution in [1.82, 2.24) is 9.97 Å². The van der Waals surface area contributed by atoms with Gasteiger partial charge in [0.2, 0.25) is 0 Å². The Labute approximate surface area is 231 Å². The van der Waals surface area contributed by atoms with E-state index in [1.165, 1.54) is 20.2 Å². The molecule has 0 radical (unpaired) electrons. The van der Waals surface area contributed by atoms with Gasteiger partial charge in [-0.05, 0) is 60.7 Å². The molecule has 0 atom stereocenters. The van der Waals surface area contributed by atoms with Crippen LogP contribution >= 0.6 is 11.3 Å². The van der Waals surface area contributed by atoms with E-state index in [1.54, 1.807) is 24.8 Å². The molecule has 4 aromatic carbocycles. The van der Waals surface area contributed by atoms with Crippen molar-refractivity contribution in [2.45, 2.75) is 0 Å². The van der Waals surface area contributed by atoms with Gasteiger partial charge < -0.3 is 13.7 Å². The number of fused-ring (bicyclic) bond motifs is 9. The van der Waals surface area contributed by atoms with Crippen molar-refractivity contribution in [1.29, 1.82) is 0 Å². The number of rotatable bonds is 3. The third-order valence-corrected chi connectivity index (χ3v) is 8.81. The van der Waals surface area contributed by atoms with Gasteiger partial charge in [-0.15, -0.1) is 11.3 Å². The normalized spacial score (nSPS) is 12.0. The van der Waals surface area contributed by atoms with E-state index in [1.807, 2.05) is 23.5 Å². The van der Waals surface area contributed by atoms with Gasteiger partial charge in [-0.1, -0.05) is 18.2 Å². The number of hydrogen-bond acceptors (Lipinski definition) is 6. The number of nitrogens with zero attached hydrogens (tertiary/aromatic N) is 3. The van der Waals surface area contributed by atoms with Crippen LogP contribution in [0.25, 0.3) is 64.0 Å². The predicted octanol–water partition coefficient (Wildman–Crippen LogP) is 10.1. The van der Waals surface area contributed by atoms with Crippen molar-refractivity contribution >= 4 is 92.4 Å². The van der Waals surface area contributed by atoms with Gasteiger partial charge in [0.05, 0.1) is 12.4 Å². The zero-order chi connectivity index (χ0) is 26.2. The molecule has 5 aromatic heterocycles. The molecule has 5 nitrogen and oxygen atoms in total. The average molecular weight is 534 g/mol. The van der Waals surface area contributed by atoms with Crippen LogP contribution in [0, 0.1) is 0 Å². The van der Waals surface area contributed by atoms with Crippen molar-refractivity contribution in [3.05, 3.63) is 116 Å². The lowest BCUT2D eigenvalue weighted by Crippen LogP contribution is -2.09. The van der Waals surface area contributed by atoms with Crippen LogP contribution in [0.2, 0.25) is 0 Å². The number of anilines is 3. The molecule has 0 saturated heterocycles. The SMILES string of the molecule is c1ccc2c(c1)sc1ccc(N(c3ccc4c(c3)oc3cnccc34)c3ccc4c(c3)oc3cnccc34)cc12. The van der Waals surface area contributed by atoms with Gasteiger partial charge in [-0.2, -0.15) is 0 Å². The van der Waals surface area contributed by atoms with E-state index >= 15 is 0 Å². The fourth-order valence-electron chi connectivity index (χ4n) is 5.82. The van der Waals surface area contributed by atoms with Crippen molar-refractivity contribution in [3.8, 4) is 0 Å². The summed E-state index contributed by atoms with van der Waals surface area (Å²) in [6.45, 7) is 0. The Kier molecular flexibility index (Phi) is 4.42. The van der Waals surface area contributed by atoms with Crippen molar-refractivity contribution in [2.24, 2.45) is 0 Å². The highest BCUT2D eigenvalue weighted by molar-refractivity contribution is 7.25. The van der Waals surface area contributed by atoms with Crippen LogP contribution in [0.1, 0.15) is 0 Å². The Bertz CT molecular complexity index is 2300. The minimum Gasteiger partial charge on any atom is -0.454 e. The van der Waals surface area contributed by atoms with E-state index in [0.29, 0.717) is 0 Å². The maximum Gasteiger partial charge on any atom is 0.153 e. The first kappa shape index (κ1) is 21.7. The maximum absolute atomic E-state index is 6.23. The standard InChI is InChI=1S/C34H19N3O2S/c1-2-4-33-27(3-1)28-15-20(7-10-34(28)40-33)37(21-5-8-23-25-11-13-35-18-31(25)38-29(23)16-21)22-6-9-24-26-12-14-36-19-32(26)39-30(24)17-22/h1-19H. The van der Waals surface area contributed by atoms with Gasteiger partial charge in [-0.3, -0.25) is 9.97 Å². The molecule has 9 aromatic rings. The summed E-state index contributed by atoms with van der Waals surface area (Å²) in [5.74, 6) is 0. The Hall–Kier alpha value is -5.20. The van der Waals surface area contributed by atoms with Gasteiger partial charge in [0, 0.05) is 83.3 Å². The van der Waals surface area contributed by atoms with E-state index < -0.39 is 0 Å². The third kappa shape index (κ3) is 3.14. The molecular weight excluding hydrogens is 514 g/mol. The maximum atomic E-state index is 6.23. The molecular formula is C34H19N3O2S. The minimum atomic E-state index is 0.782. The van der Waals surface area contributed by atoms with E-state index in [0.717, 1.165) is 60.9 Å². The van der Waals surface area contributed by atoms with Gasteiger partial charge in [0.1, 0.15) is 11.2 Å². The van der Waals surface area contributed by atoms with Crippen LogP contribution in [0.4, 0.5) is 17.1 Å². The van der Waals surface area contributed by atoms with E-state index in [9.17, 15) is 0 Å². The van der Waals surface area contributed by atoms with Gasteiger partial charge in [-0.25, -0.2) is 0 Å². The van der Waals surface area contributed by atoms with Gasteiger partial charge >= 0.3 is 0 Å². The molecule has 0 aliphatic rings. The summed E-state index contributed by atoms with van der Waals surface area (Å²) < 4.78 is 15.0. The Morgan fingerprint density at radius 3 is 1.70 bits per heavy atom. The number of thiophene rings is 1. The first-order valence-electron chi connectivity index (χ1n) is 13.0. The van der Waals surface area contributed by atoms with Crippen LogP contribution < -0.4 is 4.90 Å². The molecule has 0 saturated carbocycles. The average Bonchev–Trinajstić information content (AvgIpc) is 3.67. The monoisotopic (exact) mass is 533 g/mol. The van der Waals surface area contributed by atoms with Crippen LogP contribution in [-0.2, 0) is 0 Å². The van der Waals surface area contributed by atoms with Crippen molar-refractivity contribution < 1.29 is 8.83 Å². The Morgan fingerprint density at radius 1 is 0.475 bits per heavy atom. The summed E-state index contributed by atoms with van der Waals surface area (Å²) in [5, 5.41) is 6.78. The highest BCUT2D eigenvalue weighted by atomic mass is 32.1. The highest BCUT2D eigenvalue weighted by Gasteiger charge is 2.18. The molecule has 0 fully saturated rings. The van der Waals surface area contributed by atoms with Crippen molar-refractivity contribution in [2.75, 3.05) is 4.90 Å². The molecule has 0 bridgehead atoms. The molecule has 0 amide bonds. The zero-order valence-electron chi connectivity index (χ0n) is 21.0. The van der Waals surface area contributed by atoms with Gasteiger partial charge in [0.25, 0.3) is 0 Å². The van der Waals surface area contributed by atoms with Crippen LogP contribution in [0.15, 0.2) is 125 Å². The number of aromatic nitrogens is 2. The lowest BCUT2D eigenvalue weighted by molar-refractivity contribution is 0.667. The van der Waals surface area contributed by atoms with E-state index in [4.69, 9.17) is 8.83 Å². The van der Waals surface area contributed by atoms with Gasteiger partial charge in [0.15, 0.2) is 11.2 Å². The molecule has 0 unspecified atom stereocenters. The summed E-state index contributed by atoms with van der Waals surface area (Å²) >= 11 is 1.82. The first-order valence-corrected chi connectivity index (χ1v) is 13.9.